The van der Waals surface area contributed by atoms with Crippen molar-refractivity contribution in [3.63, 3.8) is 0 Å². The largest absolute Gasteiger partial charge is 0.490 e. The number of nitrogens with two attached hydrogens (primary N) is 1. The van der Waals surface area contributed by atoms with Crippen LogP contribution in [0.3, 0.4) is 0 Å². The van der Waals surface area contributed by atoms with Crippen LogP contribution in [0.5, 0.6) is 0 Å². The van der Waals surface area contributed by atoms with Gasteiger partial charge in [0.1, 0.15) is 24.5 Å². The van der Waals surface area contributed by atoms with Crippen LogP contribution in [0.1, 0.15) is 28.4 Å². The van der Waals surface area contributed by atoms with E-state index < -0.39 is 5.91 Å². The molecule has 1 unspecified atom stereocenters. The third-order valence-electron chi connectivity index (χ3n) is 4.01. The molecule has 2 aromatic rings. The Morgan fingerprint density at radius 1 is 1.26 bits per heavy atom. The van der Waals surface area contributed by atoms with Gasteiger partial charge in [-0.15, -0.1) is 0 Å². The van der Waals surface area contributed by atoms with Gasteiger partial charge in [0.05, 0.1) is 16.8 Å². The van der Waals surface area contributed by atoms with Crippen molar-refractivity contribution in [3.8, 4) is 0 Å². The van der Waals surface area contributed by atoms with Gasteiger partial charge in [-0.05, 0) is 18.2 Å². The van der Waals surface area contributed by atoms with Crippen LogP contribution in [0.2, 0.25) is 0 Å². The van der Waals surface area contributed by atoms with Gasteiger partial charge in [-0.1, -0.05) is 12.1 Å². The second-order valence-corrected chi connectivity index (χ2v) is 5.49. The number of hydrogen-bond acceptors (Lipinski definition) is 5. The summed E-state index contributed by atoms with van der Waals surface area (Å²) in [5.41, 5.74) is 7.78. The maximum Gasteiger partial charge on any atom is 0.250 e. The maximum absolute atomic E-state index is 11.6. The van der Waals surface area contributed by atoms with E-state index in [0.717, 1.165) is 17.2 Å². The highest BCUT2D eigenvalue weighted by molar-refractivity contribution is 6.03. The number of allylic oxidation sites excluding steroid dienone is 3. The van der Waals surface area contributed by atoms with Crippen LogP contribution in [-0.2, 0) is 9.47 Å². The van der Waals surface area contributed by atoms with Gasteiger partial charge in [0.2, 0.25) is 0 Å². The summed E-state index contributed by atoms with van der Waals surface area (Å²) in [6, 6.07) is 5.23. The molecule has 1 aliphatic heterocycles. The SMILES string of the molecule is NC(=O)c1cccc2ncc(C3C=CC4=C(C3)OCCO4)nc12. The lowest BCUT2D eigenvalue weighted by atomic mass is 9.95. The summed E-state index contributed by atoms with van der Waals surface area (Å²) in [6.45, 7) is 1.14. The van der Waals surface area contributed by atoms with Crippen LogP contribution in [0.25, 0.3) is 11.0 Å². The van der Waals surface area contributed by atoms with Crippen LogP contribution >= 0.6 is 0 Å². The molecule has 0 saturated heterocycles. The number of primary amides is 1. The molecular weight excluding hydrogens is 294 g/mol. The van der Waals surface area contributed by atoms with E-state index in [2.05, 4.69) is 9.97 Å². The number of carbonyl (C=O) groups is 1. The molecule has 0 saturated carbocycles. The van der Waals surface area contributed by atoms with E-state index in [9.17, 15) is 4.79 Å². The first kappa shape index (κ1) is 13.8. The minimum Gasteiger partial charge on any atom is -0.490 e. The van der Waals surface area contributed by atoms with Crippen molar-refractivity contribution in [3.05, 3.63) is 59.3 Å². The zero-order chi connectivity index (χ0) is 15.8. The summed E-state index contributed by atoms with van der Waals surface area (Å²) in [4.78, 5) is 20.6. The smallest absolute Gasteiger partial charge is 0.250 e. The minimum atomic E-state index is -0.504. The van der Waals surface area contributed by atoms with Crippen molar-refractivity contribution in [2.24, 2.45) is 5.73 Å². The van der Waals surface area contributed by atoms with Crippen molar-refractivity contribution in [2.45, 2.75) is 12.3 Å². The lowest BCUT2D eigenvalue weighted by Gasteiger charge is -2.26. The molecule has 0 fully saturated rings. The summed E-state index contributed by atoms with van der Waals surface area (Å²) in [7, 11) is 0. The summed E-state index contributed by atoms with van der Waals surface area (Å²) in [6.07, 6.45) is 6.34. The van der Waals surface area contributed by atoms with E-state index in [1.807, 2.05) is 18.2 Å². The van der Waals surface area contributed by atoms with Crippen LogP contribution in [0, 0.1) is 0 Å². The lowest BCUT2D eigenvalue weighted by molar-refractivity contribution is 0.0616. The molecule has 23 heavy (non-hydrogen) atoms. The van der Waals surface area contributed by atoms with Crippen LogP contribution in [0.4, 0.5) is 0 Å². The average molecular weight is 309 g/mol. The van der Waals surface area contributed by atoms with Gasteiger partial charge >= 0.3 is 0 Å². The van der Waals surface area contributed by atoms with Gasteiger partial charge in [-0.3, -0.25) is 9.78 Å². The van der Waals surface area contributed by atoms with E-state index in [0.29, 0.717) is 36.2 Å². The topological polar surface area (TPSA) is 87.3 Å². The predicted molar refractivity (Wildman–Crippen MR) is 83.5 cm³/mol. The van der Waals surface area contributed by atoms with Crippen LogP contribution in [0.15, 0.2) is 48.1 Å². The van der Waals surface area contributed by atoms with Gasteiger partial charge in [0.25, 0.3) is 5.91 Å². The van der Waals surface area contributed by atoms with E-state index in [1.54, 1.807) is 18.3 Å². The summed E-state index contributed by atoms with van der Waals surface area (Å²) < 4.78 is 11.2. The Morgan fingerprint density at radius 3 is 3.00 bits per heavy atom. The molecule has 0 bridgehead atoms. The lowest BCUT2D eigenvalue weighted by Crippen LogP contribution is -2.18. The zero-order valence-corrected chi connectivity index (χ0v) is 12.4. The second kappa shape index (κ2) is 5.39. The average Bonchev–Trinajstić information content (AvgIpc) is 2.60. The van der Waals surface area contributed by atoms with E-state index in [-0.39, 0.29) is 5.92 Å². The number of hydrogen-bond donors (Lipinski definition) is 1. The number of benzene rings is 1. The fourth-order valence-corrected chi connectivity index (χ4v) is 2.87. The number of fused-ring (bicyclic) bond motifs is 1. The van der Waals surface area contributed by atoms with Gasteiger partial charge < -0.3 is 15.2 Å². The number of aromatic nitrogens is 2. The predicted octanol–water partition coefficient (Wildman–Crippen LogP) is 2.03. The first-order valence-corrected chi connectivity index (χ1v) is 7.45. The van der Waals surface area contributed by atoms with E-state index >= 15 is 0 Å². The molecule has 0 radical (unpaired) electrons. The first-order chi connectivity index (χ1) is 11.2. The number of carbonyl (C=O) groups excluding carboxylic acids is 1. The highest BCUT2D eigenvalue weighted by Gasteiger charge is 2.24. The molecule has 0 spiro atoms. The summed E-state index contributed by atoms with van der Waals surface area (Å²) in [5, 5.41) is 0. The quantitative estimate of drug-likeness (QED) is 0.917. The van der Waals surface area contributed by atoms with Gasteiger partial charge in [-0.2, -0.15) is 0 Å². The number of rotatable bonds is 2. The Balaban J connectivity index is 1.73. The van der Waals surface area contributed by atoms with Crippen molar-refractivity contribution in [1.82, 2.24) is 9.97 Å². The fourth-order valence-electron chi connectivity index (χ4n) is 2.87. The molecule has 1 aromatic carbocycles. The fraction of sp³-hybridized carbons (Fsp3) is 0.235. The molecular formula is C17H15N3O3. The molecule has 6 heteroatoms. The molecule has 2 aliphatic rings. The second-order valence-electron chi connectivity index (χ2n) is 5.49. The van der Waals surface area contributed by atoms with Crippen molar-refractivity contribution in [1.29, 1.82) is 0 Å². The molecule has 1 amide bonds. The first-order valence-electron chi connectivity index (χ1n) is 7.45. The summed E-state index contributed by atoms with van der Waals surface area (Å²) >= 11 is 0. The molecule has 1 aliphatic carbocycles. The third-order valence-corrected chi connectivity index (χ3v) is 4.01. The monoisotopic (exact) mass is 309 g/mol. The molecule has 2 heterocycles. The Labute approximate surface area is 132 Å². The summed E-state index contributed by atoms with van der Waals surface area (Å²) in [5.74, 6) is 1.16. The Morgan fingerprint density at radius 2 is 2.13 bits per heavy atom. The molecule has 2 N–H and O–H groups in total. The van der Waals surface area contributed by atoms with Crippen LogP contribution < -0.4 is 5.73 Å². The molecule has 4 rings (SSSR count). The third kappa shape index (κ3) is 2.42. The maximum atomic E-state index is 11.6. The van der Waals surface area contributed by atoms with Gasteiger partial charge in [0, 0.05) is 18.5 Å². The highest BCUT2D eigenvalue weighted by atomic mass is 16.6. The highest BCUT2D eigenvalue weighted by Crippen LogP contribution is 2.33. The number of nitrogens with zero attached hydrogens (tertiary/aromatic N) is 2. The molecule has 6 nitrogen and oxygen atoms in total. The Hall–Kier alpha value is -2.89. The standard InChI is InChI=1S/C17H15N3O3/c18-17(21)11-2-1-3-12-16(11)20-13(9-19-12)10-4-5-14-15(8-10)23-7-6-22-14/h1-5,9-10H,6-8H2,(H2,18,21). The van der Waals surface area contributed by atoms with Crippen molar-refractivity contribution >= 4 is 16.9 Å². The molecule has 116 valence electrons. The van der Waals surface area contributed by atoms with Crippen molar-refractivity contribution < 1.29 is 14.3 Å². The van der Waals surface area contributed by atoms with Crippen molar-refractivity contribution in [2.75, 3.05) is 13.2 Å². The number of amides is 1. The number of ether oxygens (including phenoxy) is 2. The normalized spacial score (nSPS) is 19.9. The Bertz CT molecular complexity index is 857. The Kier molecular flexibility index (Phi) is 3.22. The molecule has 1 aromatic heterocycles. The zero-order valence-electron chi connectivity index (χ0n) is 12.4. The van der Waals surface area contributed by atoms with Gasteiger partial charge in [0.15, 0.2) is 5.76 Å². The van der Waals surface area contributed by atoms with Crippen LogP contribution in [-0.4, -0.2) is 29.1 Å². The van der Waals surface area contributed by atoms with E-state index in [1.165, 1.54) is 0 Å². The van der Waals surface area contributed by atoms with E-state index in [4.69, 9.17) is 15.2 Å². The van der Waals surface area contributed by atoms with Gasteiger partial charge in [-0.25, -0.2) is 4.98 Å². The minimum absolute atomic E-state index is 0.0354. The molecule has 1 atom stereocenters. The number of para-hydroxylation sites is 1.